The minimum absolute atomic E-state index is 0.787. The molecular weight excluding hydrogens is 174 g/mol. The van der Waals surface area contributed by atoms with Gasteiger partial charge in [-0.3, -0.25) is 0 Å². The van der Waals surface area contributed by atoms with Crippen molar-refractivity contribution >= 4 is 0 Å². The zero-order valence-electron chi connectivity index (χ0n) is 9.12. The molecule has 78 valence electrons. The third kappa shape index (κ3) is 3.82. The van der Waals surface area contributed by atoms with Gasteiger partial charge in [0.1, 0.15) is 12.4 Å². The molecule has 0 aromatic carbocycles. The predicted octanol–water partition coefficient (Wildman–Crippen LogP) is 2.34. The van der Waals surface area contributed by atoms with Crippen LogP contribution in [0.4, 0.5) is 0 Å². The summed E-state index contributed by atoms with van der Waals surface area (Å²) in [6.45, 7) is 8.34. The molecule has 1 aliphatic rings. The summed E-state index contributed by atoms with van der Waals surface area (Å²) in [5.41, 5.74) is 3.02. The van der Waals surface area contributed by atoms with Crippen molar-refractivity contribution in [3.8, 4) is 0 Å². The maximum Gasteiger partial charge on any atom is 0.101 e. The van der Waals surface area contributed by atoms with Crippen LogP contribution in [-0.2, 0) is 4.74 Å². The Morgan fingerprint density at radius 3 is 2.79 bits per heavy atom. The van der Waals surface area contributed by atoms with Crippen molar-refractivity contribution in [1.29, 1.82) is 0 Å². The van der Waals surface area contributed by atoms with Gasteiger partial charge in [-0.25, -0.2) is 0 Å². The molecule has 0 amide bonds. The van der Waals surface area contributed by atoms with E-state index in [9.17, 15) is 0 Å². The van der Waals surface area contributed by atoms with Crippen LogP contribution in [-0.4, -0.2) is 31.1 Å². The molecule has 0 saturated carbocycles. The van der Waals surface area contributed by atoms with Crippen molar-refractivity contribution < 1.29 is 4.74 Å². The minimum Gasteiger partial charge on any atom is -0.496 e. The molecule has 0 saturated heterocycles. The van der Waals surface area contributed by atoms with Crippen LogP contribution in [0.25, 0.3) is 0 Å². The Kier molecular flexibility index (Phi) is 5.13. The van der Waals surface area contributed by atoms with Gasteiger partial charge in [0, 0.05) is 13.0 Å². The number of likely N-dealkylation sites (N-methyl/N-ethyl adjacent to an activating group) is 1. The Bertz CT molecular complexity index is 245. The van der Waals surface area contributed by atoms with Crippen LogP contribution >= 0.6 is 0 Å². The summed E-state index contributed by atoms with van der Waals surface area (Å²) < 4.78 is 5.63. The Labute approximate surface area is 86.6 Å². The molecule has 0 atom stereocenters. The molecule has 0 aliphatic heterocycles. The lowest BCUT2D eigenvalue weighted by atomic mass is 10.2. The van der Waals surface area contributed by atoms with E-state index < -0.39 is 0 Å². The van der Waals surface area contributed by atoms with E-state index in [4.69, 9.17) is 4.74 Å². The summed E-state index contributed by atoms with van der Waals surface area (Å²) in [5.74, 6) is 1.05. The summed E-state index contributed by atoms with van der Waals surface area (Å²) in [7, 11) is 0. The Balaban J connectivity index is 2.15. The van der Waals surface area contributed by atoms with Gasteiger partial charge in [0.25, 0.3) is 0 Å². The van der Waals surface area contributed by atoms with Crippen molar-refractivity contribution in [1.82, 2.24) is 4.90 Å². The van der Waals surface area contributed by atoms with Crippen LogP contribution in [0.1, 0.15) is 20.3 Å². The van der Waals surface area contributed by atoms with Gasteiger partial charge in [-0.1, -0.05) is 13.8 Å². The summed E-state index contributed by atoms with van der Waals surface area (Å²) in [6.07, 6.45) is 6.76. The molecule has 0 N–H and O–H groups in total. The van der Waals surface area contributed by atoms with Gasteiger partial charge in [0.15, 0.2) is 0 Å². The SMILES string of the molecule is CCN(CC)CCOC1=CC=C=CC1. The Morgan fingerprint density at radius 1 is 1.43 bits per heavy atom. The molecule has 2 heteroatoms. The van der Waals surface area contributed by atoms with Crippen LogP contribution < -0.4 is 0 Å². The second-order valence-corrected chi connectivity index (χ2v) is 3.25. The topological polar surface area (TPSA) is 12.5 Å². The first-order valence-corrected chi connectivity index (χ1v) is 5.32. The third-order valence-corrected chi connectivity index (χ3v) is 2.38. The molecule has 0 aromatic rings. The number of hydrogen-bond donors (Lipinski definition) is 0. The molecule has 1 rings (SSSR count). The minimum atomic E-state index is 0.787. The molecule has 14 heavy (non-hydrogen) atoms. The molecule has 0 bridgehead atoms. The zero-order valence-corrected chi connectivity index (χ0v) is 9.12. The fourth-order valence-corrected chi connectivity index (χ4v) is 1.39. The van der Waals surface area contributed by atoms with Crippen molar-refractivity contribution in [2.24, 2.45) is 0 Å². The molecule has 0 aromatic heterocycles. The first-order chi connectivity index (χ1) is 6.86. The lowest BCUT2D eigenvalue weighted by molar-refractivity contribution is 0.161. The summed E-state index contributed by atoms with van der Waals surface area (Å²) in [6, 6.07) is 0. The van der Waals surface area contributed by atoms with E-state index in [1.165, 1.54) is 0 Å². The average Bonchev–Trinajstić information content (AvgIpc) is 2.26. The van der Waals surface area contributed by atoms with Crippen LogP contribution in [0.3, 0.4) is 0 Å². The first-order valence-electron chi connectivity index (χ1n) is 5.32. The van der Waals surface area contributed by atoms with E-state index in [0.717, 1.165) is 38.4 Å². The average molecular weight is 193 g/mol. The van der Waals surface area contributed by atoms with Crippen molar-refractivity contribution in [3.63, 3.8) is 0 Å². The predicted molar refractivity (Wildman–Crippen MR) is 59.1 cm³/mol. The zero-order chi connectivity index (χ0) is 10.2. The lowest BCUT2D eigenvalue weighted by Crippen LogP contribution is -2.26. The Hall–Kier alpha value is -0.980. The third-order valence-electron chi connectivity index (χ3n) is 2.38. The van der Waals surface area contributed by atoms with E-state index in [1.807, 2.05) is 18.2 Å². The van der Waals surface area contributed by atoms with E-state index in [-0.39, 0.29) is 0 Å². The van der Waals surface area contributed by atoms with Crippen molar-refractivity contribution in [3.05, 3.63) is 29.7 Å². The first kappa shape index (κ1) is 11.1. The molecule has 0 radical (unpaired) electrons. The van der Waals surface area contributed by atoms with Crippen molar-refractivity contribution in [2.75, 3.05) is 26.2 Å². The van der Waals surface area contributed by atoms with Crippen LogP contribution in [0.2, 0.25) is 0 Å². The van der Waals surface area contributed by atoms with Crippen LogP contribution in [0.5, 0.6) is 0 Å². The normalized spacial score (nSPS) is 14.6. The highest BCUT2D eigenvalue weighted by Gasteiger charge is 2.01. The van der Waals surface area contributed by atoms with Gasteiger partial charge in [-0.05, 0) is 31.3 Å². The quantitative estimate of drug-likeness (QED) is 0.600. The van der Waals surface area contributed by atoms with E-state index in [0.29, 0.717) is 0 Å². The lowest BCUT2D eigenvalue weighted by Gasteiger charge is -2.18. The Morgan fingerprint density at radius 2 is 2.21 bits per heavy atom. The molecule has 0 fully saturated rings. The highest BCUT2D eigenvalue weighted by atomic mass is 16.5. The second kappa shape index (κ2) is 6.47. The number of hydrogen-bond acceptors (Lipinski definition) is 2. The van der Waals surface area contributed by atoms with Crippen molar-refractivity contribution in [2.45, 2.75) is 20.3 Å². The smallest absolute Gasteiger partial charge is 0.101 e. The van der Waals surface area contributed by atoms with Gasteiger partial charge in [0.05, 0.1) is 0 Å². The summed E-state index contributed by atoms with van der Waals surface area (Å²) in [5, 5.41) is 0. The summed E-state index contributed by atoms with van der Waals surface area (Å²) >= 11 is 0. The van der Waals surface area contributed by atoms with Gasteiger partial charge >= 0.3 is 0 Å². The van der Waals surface area contributed by atoms with Crippen LogP contribution in [0, 0.1) is 0 Å². The number of rotatable bonds is 6. The second-order valence-electron chi connectivity index (χ2n) is 3.25. The number of nitrogens with zero attached hydrogens (tertiary/aromatic N) is 1. The molecule has 0 unspecified atom stereocenters. The standard InChI is InChI=1S/C12H19NO/c1-3-13(4-2)10-11-14-12-8-6-5-7-9-12/h6-8H,3-4,9-11H2,1-2H3. The van der Waals surface area contributed by atoms with E-state index in [2.05, 4.69) is 24.5 Å². The molecule has 1 aliphatic carbocycles. The van der Waals surface area contributed by atoms with Gasteiger partial charge in [0.2, 0.25) is 0 Å². The fourth-order valence-electron chi connectivity index (χ4n) is 1.39. The molecule has 2 nitrogen and oxygen atoms in total. The summed E-state index contributed by atoms with van der Waals surface area (Å²) in [4.78, 5) is 2.36. The van der Waals surface area contributed by atoms with Crippen LogP contribution in [0.15, 0.2) is 29.7 Å². The highest BCUT2D eigenvalue weighted by Crippen LogP contribution is 2.07. The molecule has 0 heterocycles. The monoisotopic (exact) mass is 193 g/mol. The molecule has 0 spiro atoms. The highest BCUT2D eigenvalue weighted by molar-refractivity contribution is 5.15. The van der Waals surface area contributed by atoms with Gasteiger partial charge in [-0.2, -0.15) is 0 Å². The number of ether oxygens (including phenoxy) is 1. The number of allylic oxidation sites excluding steroid dienone is 2. The largest absolute Gasteiger partial charge is 0.496 e. The van der Waals surface area contributed by atoms with Gasteiger partial charge in [-0.15, -0.1) is 5.73 Å². The van der Waals surface area contributed by atoms with E-state index >= 15 is 0 Å². The maximum atomic E-state index is 5.63. The van der Waals surface area contributed by atoms with E-state index in [1.54, 1.807) is 0 Å². The molecular formula is C12H19NO. The van der Waals surface area contributed by atoms with Gasteiger partial charge < -0.3 is 9.64 Å². The maximum absolute atomic E-state index is 5.63. The fraction of sp³-hybridized carbons (Fsp3) is 0.583.